The van der Waals surface area contributed by atoms with E-state index in [-0.39, 0.29) is 5.82 Å². The monoisotopic (exact) mass is 310 g/mol. The Balaban J connectivity index is 1.99. The SMILES string of the molecule is Fc1ccc(-c2nsc(-c3ccc(F)c(F)c3)n2)cc1F. The molecule has 0 bridgehead atoms. The number of benzene rings is 2. The molecule has 0 aliphatic heterocycles. The van der Waals surface area contributed by atoms with Crippen LogP contribution in [-0.2, 0) is 0 Å². The van der Waals surface area contributed by atoms with Gasteiger partial charge in [0, 0.05) is 11.1 Å². The predicted octanol–water partition coefficient (Wildman–Crippen LogP) is 4.43. The van der Waals surface area contributed by atoms with Crippen LogP contribution in [0.1, 0.15) is 0 Å². The lowest BCUT2D eigenvalue weighted by Gasteiger charge is -1.98. The number of rotatable bonds is 2. The van der Waals surface area contributed by atoms with Gasteiger partial charge in [-0.1, -0.05) is 0 Å². The third-order valence-electron chi connectivity index (χ3n) is 2.77. The molecule has 0 saturated carbocycles. The Kier molecular flexibility index (Phi) is 3.42. The van der Waals surface area contributed by atoms with Crippen molar-refractivity contribution in [2.75, 3.05) is 0 Å². The lowest BCUT2D eigenvalue weighted by Crippen LogP contribution is -1.87. The standard InChI is InChI=1S/C14H6F4N2S/c15-9-3-1-7(5-11(9)17)13-19-14(21-20-13)8-2-4-10(16)12(18)6-8/h1-6H. The zero-order valence-corrected chi connectivity index (χ0v) is 11.1. The number of halogens is 4. The molecule has 3 rings (SSSR count). The van der Waals surface area contributed by atoms with Crippen LogP contribution in [0.15, 0.2) is 36.4 Å². The van der Waals surface area contributed by atoms with Crippen LogP contribution >= 0.6 is 11.5 Å². The van der Waals surface area contributed by atoms with Crippen molar-refractivity contribution >= 4 is 11.5 Å². The van der Waals surface area contributed by atoms with E-state index in [2.05, 4.69) is 9.36 Å². The van der Waals surface area contributed by atoms with Crippen LogP contribution in [0.25, 0.3) is 22.0 Å². The van der Waals surface area contributed by atoms with Crippen LogP contribution in [0.3, 0.4) is 0 Å². The highest BCUT2D eigenvalue weighted by atomic mass is 32.1. The normalized spacial score (nSPS) is 10.9. The fourth-order valence-corrected chi connectivity index (χ4v) is 2.40. The Hall–Kier alpha value is -2.28. The van der Waals surface area contributed by atoms with Crippen LogP contribution in [0.2, 0.25) is 0 Å². The molecule has 0 aliphatic carbocycles. The van der Waals surface area contributed by atoms with Gasteiger partial charge in [0.1, 0.15) is 5.01 Å². The van der Waals surface area contributed by atoms with Crippen molar-refractivity contribution in [2.24, 2.45) is 0 Å². The molecule has 7 heteroatoms. The molecular weight excluding hydrogens is 304 g/mol. The van der Waals surface area contributed by atoms with E-state index < -0.39 is 23.3 Å². The lowest BCUT2D eigenvalue weighted by molar-refractivity contribution is 0.509. The van der Waals surface area contributed by atoms with Crippen LogP contribution in [0.4, 0.5) is 17.6 Å². The van der Waals surface area contributed by atoms with Gasteiger partial charge in [0.15, 0.2) is 29.1 Å². The number of hydrogen-bond donors (Lipinski definition) is 0. The Morgan fingerprint density at radius 1 is 0.714 bits per heavy atom. The third kappa shape index (κ3) is 2.64. The minimum atomic E-state index is -1.00. The largest absolute Gasteiger partial charge is 0.215 e. The molecule has 0 amide bonds. The van der Waals surface area contributed by atoms with Gasteiger partial charge >= 0.3 is 0 Å². The molecule has 2 aromatic carbocycles. The summed E-state index contributed by atoms with van der Waals surface area (Å²) >= 11 is 0.956. The van der Waals surface area contributed by atoms with Crippen molar-refractivity contribution in [3.63, 3.8) is 0 Å². The number of hydrogen-bond acceptors (Lipinski definition) is 3. The van der Waals surface area contributed by atoms with E-state index in [4.69, 9.17) is 0 Å². The lowest BCUT2D eigenvalue weighted by atomic mass is 10.2. The maximum Gasteiger partial charge on any atom is 0.173 e. The molecular formula is C14H6F4N2S. The summed E-state index contributed by atoms with van der Waals surface area (Å²) in [6.07, 6.45) is 0. The second-order valence-electron chi connectivity index (χ2n) is 4.18. The van der Waals surface area contributed by atoms with Gasteiger partial charge in [-0.3, -0.25) is 0 Å². The molecule has 0 unspecified atom stereocenters. The molecule has 0 N–H and O–H groups in total. The average molecular weight is 310 g/mol. The molecule has 1 heterocycles. The maximum atomic E-state index is 13.2. The molecule has 0 radical (unpaired) electrons. The summed E-state index contributed by atoms with van der Waals surface area (Å²) in [5.74, 6) is -3.72. The molecule has 1 aromatic heterocycles. The first-order valence-corrected chi connectivity index (χ1v) is 6.56. The summed E-state index contributed by atoms with van der Waals surface area (Å²) in [6, 6.07) is 6.66. The Labute approximate surface area is 120 Å². The topological polar surface area (TPSA) is 25.8 Å². The average Bonchev–Trinajstić information content (AvgIpc) is 2.94. The molecule has 0 atom stereocenters. The highest BCUT2D eigenvalue weighted by molar-refractivity contribution is 7.09. The first kappa shape index (κ1) is 13.7. The summed E-state index contributed by atoms with van der Waals surface area (Å²) in [5.41, 5.74) is 0.666. The van der Waals surface area contributed by atoms with Crippen molar-refractivity contribution in [2.45, 2.75) is 0 Å². The van der Waals surface area contributed by atoms with Crippen molar-refractivity contribution in [3.05, 3.63) is 59.7 Å². The molecule has 21 heavy (non-hydrogen) atoms. The van der Waals surface area contributed by atoms with Gasteiger partial charge in [-0.15, -0.1) is 0 Å². The second-order valence-corrected chi connectivity index (χ2v) is 4.93. The van der Waals surface area contributed by atoms with Gasteiger partial charge in [-0.2, -0.15) is 4.37 Å². The Morgan fingerprint density at radius 3 is 1.90 bits per heavy atom. The van der Waals surface area contributed by atoms with E-state index in [1.54, 1.807) is 0 Å². The quantitative estimate of drug-likeness (QED) is 0.654. The summed E-state index contributed by atoms with van der Waals surface area (Å²) < 4.78 is 56.1. The highest BCUT2D eigenvalue weighted by Crippen LogP contribution is 2.27. The van der Waals surface area contributed by atoms with Crippen molar-refractivity contribution in [1.82, 2.24) is 9.36 Å². The Morgan fingerprint density at radius 2 is 1.29 bits per heavy atom. The second kappa shape index (κ2) is 5.25. The van der Waals surface area contributed by atoms with Crippen molar-refractivity contribution < 1.29 is 17.6 Å². The highest BCUT2D eigenvalue weighted by Gasteiger charge is 2.12. The van der Waals surface area contributed by atoms with Gasteiger partial charge in [-0.25, -0.2) is 22.5 Å². The third-order valence-corrected chi connectivity index (χ3v) is 3.53. The molecule has 0 aliphatic rings. The molecule has 106 valence electrons. The zero-order valence-electron chi connectivity index (χ0n) is 10.3. The van der Waals surface area contributed by atoms with E-state index in [9.17, 15) is 17.6 Å². The van der Waals surface area contributed by atoms with Gasteiger partial charge in [-0.05, 0) is 47.9 Å². The van der Waals surface area contributed by atoms with E-state index in [1.165, 1.54) is 12.1 Å². The fraction of sp³-hybridized carbons (Fsp3) is 0. The first-order valence-electron chi connectivity index (χ1n) is 5.79. The fourth-order valence-electron chi connectivity index (χ4n) is 1.72. The summed E-state index contributed by atoms with van der Waals surface area (Å²) in [4.78, 5) is 4.12. The smallest absolute Gasteiger partial charge is 0.173 e. The number of aromatic nitrogens is 2. The van der Waals surface area contributed by atoms with Gasteiger partial charge in [0.05, 0.1) is 0 Å². The zero-order chi connectivity index (χ0) is 15.0. The van der Waals surface area contributed by atoms with Crippen molar-refractivity contribution in [1.29, 1.82) is 0 Å². The molecule has 0 fully saturated rings. The molecule has 2 nitrogen and oxygen atoms in total. The predicted molar refractivity (Wildman–Crippen MR) is 70.6 cm³/mol. The van der Waals surface area contributed by atoms with Crippen LogP contribution < -0.4 is 0 Å². The van der Waals surface area contributed by atoms with E-state index in [1.807, 2.05) is 0 Å². The van der Waals surface area contributed by atoms with Gasteiger partial charge in [0.25, 0.3) is 0 Å². The van der Waals surface area contributed by atoms with Crippen molar-refractivity contribution in [3.8, 4) is 22.0 Å². The first-order chi connectivity index (χ1) is 10.0. The van der Waals surface area contributed by atoms with E-state index >= 15 is 0 Å². The summed E-state index contributed by atoms with van der Waals surface area (Å²) in [6.45, 7) is 0. The van der Waals surface area contributed by atoms with Crippen LogP contribution in [0, 0.1) is 23.3 Å². The molecule has 0 saturated heterocycles. The Bertz CT molecular complexity index is 750. The minimum Gasteiger partial charge on any atom is -0.215 e. The molecule has 3 aromatic rings. The van der Waals surface area contributed by atoms with Gasteiger partial charge in [0.2, 0.25) is 0 Å². The van der Waals surface area contributed by atoms with Gasteiger partial charge < -0.3 is 0 Å². The summed E-state index contributed by atoms with van der Waals surface area (Å²) in [7, 11) is 0. The van der Waals surface area contributed by atoms with E-state index in [0.717, 1.165) is 35.8 Å². The molecule has 0 spiro atoms. The minimum absolute atomic E-state index is 0.193. The summed E-state index contributed by atoms with van der Waals surface area (Å²) in [5, 5.41) is 0.355. The van der Waals surface area contributed by atoms with Crippen LogP contribution in [0.5, 0.6) is 0 Å². The number of nitrogens with zero attached hydrogens (tertiary/aromatic N) is 2. The van der Waals surface area contributed by atoms with Crippen LogP contribution in [-0.4, -0.2) is 9.36 Å². The van der Waals surface area contributed by atoms with E-state index in [0.29, 0.717) is 16.1 Å². The maximum absolute atomic E-state index is 13.2.